The summed E-state index contributed by atoms with van der Waals surface area (Å²) in [4.78, 5) is 24.7. The summed E-state index contributed by atoms with van der Waals surface area (Å²) in [5.74, 6) is 0.135. The van der Waals surface area contributed by atoms with Crippen LogP contribution in [0, 0.1) is 0 Å². The quantitative estimate of drug-likeness (QED) is 0.635. The topological polar surface area (TPSA) is 80.9 Å². The van der Waals surface area contributed by atoms with Crippen LogP contribution >= 0.6 is 0 Å². The number of nitrogens with zero attached hydrogens (tertiary/aromatic N) is 1. The summed E-state index contributed by atoms with van der Waals surface area (Å²) in [7, 11) is 0. The summed E-state index contributed by atoms with van der Waals surface area (Å²) in [6.45, 7) is 1.73. The van der Waals surface area contributed by atoms with Gasteiger partial charge in [-0.1, -0.05) is 0 Å². The van der Waals surface area contributed by atoms with E-state index in [4.69, 9.17) is 0 Å². The van der Waals surface area contributed by atoms with Gasteiger partial charge < -0.3 is 15.7 Å². The van der Waals surface area contributed by atoms with Gasteiger partial charge >= 0.3 is 0 Å². The molecule has 0 saturated carbocycles. The Bertz CT molecular complexity index is 249. The zero-order valence-electron chi connectivity index (χ0n) is 8.79. The Morgan fingerprint density at radius 2 is 1.93 bits per heavy atom. The average molecular weight is 214 g/mol. The molecule has 2 amide bonds. The van der Waals surface area contributed by atoms with Crippen LogP contribution < -0.4 is 5.32 Å². The first-order valence-corrected chi connectivity index (χ1v) is 5.35. The molecular weight excluding hydrogens is 196 g/mol. The molecule has 2 aliphatic rings. The van der Waals surface area contributed by atoms with Crippen LogP contribution in [0.5, 0.6) is 0 Å². The molecule has 0 unspecified atom stereocenters. The van der Waals surface area contributed by atoms with Gasteiger partial charge in [0, 0.05) is 19.5 Å². The first-order chi connectivity index (χ1) is 6.77. The van der Waals surface area contributed by atoms with Crippen molar-refractivity contribution in [3.63, 3.8) is 0 Å². The van der Waals surface area contributed by atoms with Crippen LogP contribution in [0.2, 0.25) is 0 Å². The lowest BCUT2D eigenvalue weighted by Crippen LogP contribution is -2.46. The monoisotopic (exact) mass is 214 g/mol. The summed E-state index contributed by atoms with van der Waals surface area (Å²) in [6, 6.07) is -0.236. The van der Waals surface area contributed by atoms with Crippen molar-refractivity contribution in [1.82, 2.24) is 10.2 Å². The van der Waals surface area contributed by atoms with Crippen molar-refractivity contribution in [1.29, 1.82) is 0 Å². The average Bonchev–Trinajstić information content (AvgIpc) is 2.65. The molecule has 0 spiro atoms. The fraction of sp³-hybridized carbons (Fsp3) is 0.800. The number of hydrogen-bond donors (Lipinski definition) is 1. The van der Waals surface area contributed by atoms with Crippen molar-refractivity contribution >= 4 is 11.8 Å². The molecule has 2 saturated heterocycles. The fourth-order valence-electron chi connectivity index (χ4n) is 2.13. The predicted molar refractivity (Wildman–Crippen MR) is 55.2 cm³/mol. The molecule has 2 rings (SSSR count). The number of carbonyl (C=O) groups excluding carboxylic acids is 2. The van der Waals surface area contributed by atoms with Crippen LogP contribution in [-0.4, -0.2) is 41.3 Å². The second kappa shape index (κ2) is 5.11. The number of hydrogen-bond acceptors (Lipinski definition) is 2. The molecule has 0 bridgehead atoms. The van der Waals surface area contributed by atoms with Gasteiger partial charge in [0.05, 0.1) is 0 Å². The van der Waals surface area contributed by atoms with E-state index in [1.807, 2.05) is 4.90 Å². The third-order valence-corrected chi connectivity index (χ3v) is 2.96. The lowest BCUT2D eigenvalue weighted by Gasteiger charge is -2.28. The van der Waals surface area contributed by atoms with Crippen LogP contribution in [0.15, 0.2) is 0 Å². The van der Waals surface area contributed by atoms with E-state index in [-0.39, 0.29) is 23.3 Å². The summed E-state index contributed by atoms with van der Waals surface area (Å²) in [5.41, 5.74) is 0. The van der Waals surface area contributed by atoms with Gasteiger partial charge in [0.1, 0.15) is 6.04 Å². The zero-order chi connectivity index (χ0) is 9.97. The minimum atomic E-state index is -0.236. The SMILES string of the molecule is O.O=C1CC[C@H](C(=O)N2CCCCC2)N1. The maximum atomic E-state index is 11.9. The molecule has 1 atom stereocenters. The molecule has 5 heteroatoms. The van der Waals surface area contributed by atoms with E-state index in [9.17, 15) is 9.59 Å². The van der Waals surface area contributed by atoms with Crippen molar-refractivity contribution < 1.29 is 15.1 Å². The molecule has 0 aliphatic carbocycles. The number of likely N-dealkylation sites (tertiary alicyclic amines) is 1. The van der Waals surface area contributed by atoms with Crippen molar-refractivity contribution in [2.75, 3.05) is 13.1 Å². The smallest absolute Gasteiger partial charge is 0.245 e. The van der Waals surface area contributed by atoms with E-state index in [2.05, 4.69) is 5.32 Å². The Labute approximate surface area is 89.1 Å². The molecule has 2 heterocycles. The molecule has 0 radical (unpaired) electrons. The van der Waals surface area contributed by atoms with E-state index in [1.165, 1.54) is 6.42 Å². The van der Waals surface area contributed by atoms with Gasteiger partial charge in [0.2, 0.25) is 11.8 Å². The molecular formula is C10H18N2O3. The Morgan fingerprint density at radius 3 is 2.47 bits per heavy atom. The minimum Gasteiger partial charge on any atom is -0.412 e. The van der Waals surface area contributed by atoms with Crippen molar-refractivity contribution in [3.8, 4) is 0 Å². The lowest BCUT2D eigenvalue weighted by atomic mass is 10.1. The maximum absolute atomic E-state index is 11.9. The highest BCUT2D eigenvalue weighted by molar-refractivity contribution is 5.90. The number of amides is 2. The highest BCUT2D eigenvalue weighted by Gasteiger charge is 2.30. The summed E-state index contributed by atoms with van der Waals surface area (Å²) in [6.07, 6.45) is 4.61. The van der Waals surface area contributed by atoms with E-state index in [1.54, 1.807) is 0 Å². The molecule has 0 aromatic rings. The molecule has 15 heavy (non-hydrogen) atoms. The van der Waals surface area contributed by atoms with E-state index in [0.717, 1.165) is 25.9 Å². The lowest BCUT2D eigenvalue weighted by molar-refractivity contribution is -0.135. The van der Waals surface area contributed by atoms with Crippen LogP contribution in [0.25, 0.3) is 0 Å². The maximum Gasteiger partial charge on any atom is 0.245 e. The standard InChI is InChI=1S/C10H16N2O2.H2O/c13-9-5-4-8(11-9)10(14)12-6-2-1-3-7-12;/h8H,1-7H2,(H,11,13);1H2/t8-;/m1./s1. The van der Waals surface area contributed by atoms with Crippen LogP contribution in [0.4, 0.5) is 0 Å². The van der Waals surface area contributed by atoms with Crippen LogP contribution in [0.1, 0.15) is 32.1 Å². The van der Waals surface area contributed by atoms with Gasteiger partial charge in [0.15, 0.2) is 0 Å². The highest BCUT2D eigenvalue weighted by Crippen LogP contribution is 2.14. The van der Waals surface area contributed by atoms with Gasteiger partial charge in [-0.3, -0.25) is 9.59 Å². The minimum absolute atomic E-state index is 0. The largest absolute Gasteiger partial charge is 0.412 e. The van der Waals surface area contributed by atoms with Gasteiger partial charge in [-0.25, -0.2) is 0 Å². The molecule has 0 aromatic carbocycles. The van der Waals surface area contributed by atoms with Crippen LogP contribution in [-0.2, 0) is 9.59 Å². The van der Waals surface area contributed by atoms with E-state index in [0.29, 0.717) is 12.8 Å². The van der Waals surface area contributed by atoms with Gasteiger partial charge in [0.25, 0.3) is 0 Å². The zero-order valence-corrected chi connectivity index (χ0v) is 8.79. The number of carbonyl (C=O) groups is 2. The van der Waals surface area contributed by atoms with E-state index >= 15 is 0 Å². The first kappa shape index (κ1) is 12.0. The molecule has 3 N–H and O–H groups in total. The van der Waals surface area contributed by atoms with Gasteiger partial charge in [-0.15, -0.1) is 0 Å². The molecule has 2 aliphatic heterocycles. The third-order valence-electron chi connectivity index (χ3n) is 2.96. The second-order valence-corrected chi connectivity index (χ2v) is 4.04. The summed E-state index contributed by atoms with van der Waals surface area (Å²) in [5, 5.41) is 2.72. The van der Waals surface area contributed by atoms with Crippen molar-refractivity contribution in [2.24, 2.45) is 0 Å². The first-order valence-electron chi connectivity index (χ1n) is 5.35. The van der Waals surface area contributed by atoms with E-state index < -0.39 is 0 Å². The van der Waals surface area contributed by atoms with Crippen molar-refractivity contribution in [3.05, 3.63) is 0 Å². The number of piperidine rings is 1. The van der Waals surface area contributed by atoms with Gasteiger partial charge in [-0.2, -0.15) is 0 Å². The summed E-state index contributed by atoms with van der Waals surface area (Å²) < 4.78 is 0. The molecule has 5 nitrogen and oxygen atoms in total. The third kappa shape index (κ3) is 2.68. The second-order valence-electron chi connectivity index (χ2n) is 4.04. The predicted octanol–water partition coefficient (Wildman–Crippen LogP) is -0.547. The molecule has 0 aromatic heterocycles. The number of rotatable bonds is 1. The Balaban J connectivity index is 0.00000112. The Hall–Kier alpha value is -1.10. The van der Waals surface area contributed by atoms with Crippen LogP contribution in [0.3, 0.4) is 0 Å². The Morgan fingerprint density at radius 1 is 1.27 bits per heavy atom. The van der Waals surface area contributed by atoms with Gasteiger partial charge in [-0.05, 0) is 25.7 Å². The summed E-state index contributed by atoms with van der Waals surface area (Å²) >= 11 is 0. The molecule has 2 fully saturated rings. The fourth-order valence-corrected chi connectivity index (χ4v) is 2.13. The van der Waals surface area contributed by atoms with Crippen molar-refractivity contribution in [2.45, 2.75) is 38.1 Å². The Kier molecular flexibility index (Phi) is 4.08. The molecule has 86 valence electrons. The normalized spacial score (nSPS) is 25.7. The number of nitrogens with one attached hydrogen (secondary N) is 1. The highest BCUT2D eigenvalue weighted by atomic mass is 16.2.